The van der Waals surface area contributed by atoms with Gasteiger partial charge in [-0.3, -0.25) is 4.79 Å². The molecule has 1 atom stereocenters. The fraction of sp³-hybridized carbons (Fsp3) is 0.312. The van der Waals surface area contributed by atoms with Crippen LogP contribution in [0.1, 0.15) is 17.4 Å². The molecule has 1 aliphatic heterocycles. The average Bonchev–Trinajstić information content (AvgIpc) is 3.20. The molecule has 116 valence electrons. The molecule has 1 aliphatic rings. The SMILES string of the molecule is C[C@@H](NCc1cccs1)C(=O)NCc1ccc2c(c1)OCO2. The minimum absolute atomic E-state index is 0.0192. The van der Waals surface area contributed by atoms with Crippen LogP contribution in [-0.4, -0.2) is 18.7 Å². The Hall–Kier alpha value is -2.05. The lowest BCUT2D eigenvalue weighted by Gasteiger charge is -2.13. The van der Waals surface area contributed by atoms with E-state index < -0.39 is 0 Å². The third-order valence-electron chi connectivity index (χ3n) is 3.46. The van der Waals surface area contributed by atoms with Gasteiger partial charge in [-0.05, 0) is 36.1 Å². The van der Waals surface area contributed by atoms with Crippen molar-refractivity contribution in [3.8, 4) is 11.5 Å². The van der Waals surface area contributed by atoms with Crippen LogP contribution in [0.4, 0.5) is 0 Å². The molecule has 5 nitrogen and oxygen atoms in total. The van der Waals surface area contributed by atoms with Crippen molar-refractivity contribution in [2.45, 2.75) is 26.1 Å². The van der Waals surface area contributed by atoms with Crippen LogP contribution in [0.5, 0.6) is 11.5 Å². The van der Waals surface area contributed by atoms with Gasteiger partial charge in [-0.15, -0.1) is 11.3 Å². The molecule has 0 unspecified atom stereocenters. The fourth-order valence-electron chi connectivity index (χ4n) is 2.15. The third-order valence-corrected chi connectivity index (χ3v) is 4.34. The van der Waals surface area contributed by atoms with E-state index >= 15 is 0 Å². The lowest BCUT2D eigenvalue weighted by Crippen LogP contribution is -2.41. The van der Waals surface area contributed by atoms with E-state index in [1.165, 1.54) is 4.88 Å². The Balaban J connectivity index is 1.47. The molecule has 0 radical (unpaired) electrons. The minimum atomic E-state index is -0.240. The molecule has 1 aromatic carbocycles. The maximum atomic E-state index is 12.1. The van der Waals surface area contributed by atoms with Crippen LogP contribution >= 0.6 is 11.3 Å². The van der Waals surface area contributed by atoms with Crippen molar-refractivity contribution in [2.24, 2.45) is 0 Å². The molecule has 1 amide bonds. The van der Waals surface area contributed by atoms with E-state index in [0.29, 0.717) is 13.1 Å². The summed E-state index contributed by atoms with van der Waals surface area (Å²) in [6.45, 7) is 3.30. The summed E-state index contributed by atoms with van der Waals surface area (Å²) in [5, 5.41) is 8.17. The smallest absolute Gasteiger partial charge is 0.237 e. The quantitative estimate of drug-likeness (QED) is 0.858. The second kappa shape index (κ2) is 6.81. The lowest BCUT2D eigenvalue weighted by molar-refractivity contribution is -0.122. The highest BCUT2D eigenvalue weighted by atomic mass is 32.1. The number of hydrogen-bond acceptors (Lipinski definition) is 5. The molecule has 22 heavy (non-hydrogen) atoms. The molecule has 2 heterocycles. The molecule has 1 aromatic heterocycles. The highest BCUT2D eigenvalue weighted by molar-refractivity contribution is 7.09. The van der Waals surface area contributed by atoms with Crippen LogP contribution in [0.15, 0.2) is 35.7 Å². The van der Waals surface area contributed by atoms with E-state index in [1.807, 2.05) is 36.6 Å². The molecule has 0 spiro atoms. The van der Waals surface area contributed by atoms with E-state index in [2.05, 4.69) is 16.7 Å². The zero-order valence-corrected chi connectivity index (χ0v) is 13.1. The number of ether oxygens (including phenoxy) is 2. The highest BCUT2D eigenvalue weighted by Gasteiger charge is 2.15. The number of fused-ring (bicyclic) bond motifs is 1. The number of rotatable bonds is 6. The van der Waals surface area contributed by atoms with Gasteiger partial charge in [0.05, 0.1) is 6.04 Å². The van der Waals surface area contributed by atoms with Crippen LogP contribution in [0, 0.1) is 0 Å². The average molecular weight is 318 g/mol. The number of carbonyl (C=O) groups excluding carboxylic acids is 1. The van der Waals surface area contributed by atoms with E-state index in [1.54, 1.807) is 11.3 Å². The van der Waals surface area contributed by atoms with Crippen LogP contribution in [0.3, 0.4) is 0 Å². The van der Waals surface area contributed by atoms with Crippen LogP contribution in [-0.2, 0) is 17.9 Å². The van der Waals surface area contributed by atoms with Crippen LogP contribution in [0.25, 0.3) is 0 Å². The second-order valence-corrected chi connectivity index (χ2v) is 6.12. The monoisotopic (exact) mass is 318 g/mol. The first-order chi connectivity index (χ1) is 10.7. The Morgan fingerprint density at radius 3 is 2.95 bits per heavy atom. The highest BCUT2D eigenvalue weighted by Crippen LogP contribution is 2.32. The Morgan fingerprint density at radius 2 is 2.14 bits per heavy atom. The summed E-state index contributed by atoms with van der Waals surface area (Å²) in [6, 6.07) is 9.50. The first-order valence-electron chi connectivity index (χ1n) is 7.14. The van der Waals surface area contributed by atoms with Crippen LogP contribution in [0.2, 0.25) is 0 Å². The van der Waals surface area contributed by atoms with Crippen molar-refractivity contribution in [3.05, 3.63) is 46.2 Å². The normalized spacial score (nSPS) is 13.9. The fourth-order valence-corrected chi connectivity index (χ4v) is 2.81. The Kier molecular flexibility index (Phi) is 4.60. The Bertz CT molecular complexity index is 643. The predicted octanol–water partition coefficient (Wildman–Crippen LogP) is 2.27. The topological polar surface area (TPSA) is 59.6 Å². The number of hydrogen-bond donors (Lipinski definition) is 2. The zero-order chi connectivity index (χ0) is 15.4. The summed E-state index contributed by atoms with van der Waals surface area (Å²) in [5.41, 5.74) is 0.989. The van der Waals surface area contributed by atoms with E-state index in [0.717, 1.165) is 17.1 Å². The number of carbonyl (C=O) groups is 1. The van der Waals surface area contributed by atoms with E-state index in [9.17, 15) is 4.79 Å². The molecule has 0 fully saturated rings. The number of amides is 1. The summed E-state index contributed by atoms with van der Waals surface area (Å²) in [5.74, 6) is 1.46. The van der Waals surface area contributed by atoms with Gasteiger partial charge in [-0.25, -0.2) is 0 Å². The van der Waals surface area contributed by atoms with Crippen molar-refractivity contribution >= 4 is 17.2 Å². The molecule has 3 rings (SSSR count). The Labute approximate surface area is 133 Å². The summed E-state index contributed by atoms with van der Waals surface area (Å²) in [7, 11) is 0. The van der Waals surface area contributed by atoms with Gasteiger partial charge in [0.2, 0.25) is 12.7 Å². The van der Waals surface area contributed by atoms with Gasteiger partial charge in [-0.2, -0.15) is 0 Å². The minimum Gasteiger partial charge on any atom is -0.454 e. The van der Waals surface area contributed by atoms with Crippen molar-refractivity contribution in [3.63, 3.8) is 0 Å². The molecular formula is C16H18N2O3S. The van der Waals surface area contributed by atoms with Gasteiger partial charge in [0.1, 0.15) is 0 Å². The third kappa shape index (κ3) is 3.58. The van der Waals surface area contributed by atoms with Crippen molar-refractivity contribution in [2.75, 3.05) is 6.79 Å². The number of nitrogens with one attached hydrogen (secondary N) is 2. The molecule has 0 saturated heterocycles. The zero-order valence-electron chi connectivity index (χ0n) is 12.3. The summed E-state index contributed by atoms with van der Waals surface area (Å²) < 4.78 is 10.6. The summed E-state index contributed by atoms with van der Waals surface area (Å²) in [6.07, 6.45) is 0. The molecule has 2 aromatic rings. The van der Waals surface area contributed by atoms with Gasteiger partial charge < -0.3 is 20.1 Å². The predicted molar refractivity (Wildman–Crippen MR) is 85.0 cm³/mol. The van der Waals surface area contributed by atoms with Crippen LogP contribution < -0.4 is 20.1 Å². The van der Waals surface area contributed by atoms with Gasteiger partial charge in [-0.1, -0.05) is 12.1 Å². The van der Waals surface area contributed by atoms with Gasteiger partial charge in [0.15, 0.2) is 11.5 Å². The van der Waals surface area contributed by atoms with Crippen molar-refractivity contribution in [1.29, 1.82) is 0 Å². The second-order valence-electron chi connectivity index (χ2n) is 5.09. The molecule has 0 saturated carbocycles. The van der Waals surface area contributed by atoms with Gasteiger partial charge in [0, 0.05) is 18.0 Å². The molecule has 0 bridgehead atoms. The first kappa shape index (κ1) is 14.9. The maximum absolute atomic E-state index is 12.1. The Morgan fingerprint density at radius 1 is 1.27 bits per heavy atom. The number of benzene rings is 1. The maximum Gasteiger partial charge on any atom is 0.237 e. The van der Waals surface area contributed by atoms with E-state index in [4.69, 9.17) is 9.47 Å². The standard InChI is InChI=1S/C16H18N2O3S/c1-11(17-9-13-3-2-6-22-13)16(19)18-8-12-4-5-14-15(7-12)21-10-20-14/h2-7,11,17H,8-10H2,1H3,(H,18,19)/t11-/m1/s1. The molecule has 6 heteroatoms. The largest absolute Gasteiger partial charge is 0.454 e. The molecular weight excluding hydrogens is 300 g/mol. The summed E-state index contributed by atoms with van der Waals surface area (Å²) in [4.78, 5) is 13.3. The van der Waals surface area contributed by atoms with Gasteiger partial charge in [0.25, 0.3) is 0 Å². The first-order valence-corrected chi connectivity index (χ1v) is 8.02. The van der Waals surface area contributed by atoms with Gasteiger partial charge >= 0.3 is 0 Å². The summed E-state index contributed by atoms with van der Waals surface area (Å²) >= 11 is 1.68. The van der Waals surface area contributed by atoms with Crippen molar-refractivity contribution < 1.29 is 14.3 Å². The number of thiophene rings is 1. The van der Waals surface area contributed by atoms with Crippen molar-refractivity contribution in [1.82, 2.24) is 10.6 Å². The lowest BCUT2D eigenvalue weighted by atomic mass is 10.2. The molecule has 2 N–H and O–H groups in total. The van der Waals surface area contributed by atoms with E-state index in [-0.39, 0.29) is 18.7 Å². The molecule has 0 aliphatic carbocycles.